The molecule has 1 amide bonds. The first-order valence-electron chi connectivity index (χ1n) is 8.76. The quantitative estimate of drug-likeness (QED) is 0.747. The molecule has 9 heteroatoms. The van der Waals surface area contributed by atoms with Gasteiger partial charge in [-0.25, -0.2) is 4.98 Å². The largest absolute Gasteiger partial charge is 0.325 e. The standard InChI is InChI=1S/C18H22BrF2N5O/c1-13(17(27)23-15-4-2-3-14(19)11-15)25-9-7-24(8-10-25)12-16-22-5-6-26(16)18(20)21/h2-6,11,13,18H,7-10,12H2,1H3,(H,23,27)/t13-/m1/s1. The molecule has 1 atom stereocenters. The van der Waals surface area contributed by atoms with Crippen LogP contribution in [0.2, 0.25) is 0 Å². The number of amides is 1. The average Bonchev–Trinajstić information content (AvgIpc) is 3.10. The molecule has 1 aliphatic rings. The molecule has 0 bridgehead atoms. The molecule has 3 rings (SSSR count). The number of benzene rings is 1. The van der Waals surface area contributed by atoms with E-state index in [0.717, 1.165) is 14.7 Å². The lowest BCUT2D eigenvalue weighted by Gasteiger charge is -2.37. The number of carbonyl (C=O) groups excluding carboxylic acids is 1. The molecular weight excluding hydrogens is 420 g/mol. The van der Waals surface area contributed by atoms with Gasteiger partial charge in [-0.3, -0.25) is 19.2 Å². The third-order valence-corrected chi connectivity index (χ3v) is 5.24. The lowest BCUT2D eigenvalue weighted by atomic mass is 10.2. The number of alkyl halides is 2. The van der Waals surface area contributed by atoms with Crippen LogP contribution in [0.5, 0.6) is 0 Å². The van der Waals surface area contributed by atoms with Crippen LogP contribution in [-0.2, 0) is 11.3 Å². The van der Waals surface area contributed by atoms with Crippen LogP contribution >= 0.6 is 15.9 Å². The molecule has 27 heavy (non-hydrogen) atoms. The highest BCUT2D eigenvalue weighted by molar-refractivity contribution is 9.10. The zero-order chi connectivity index (χ0) is 19.4. The van der Waals surface area contributed by atoms with Crippen molar-refractivity contribution in [3.63, 3.8) is 0 Å². The maximum atomic E-state index is 12.9. The third kappa shape index (κ3) is 5.12. The molecular formula is C18H22BrF2N5O. The predicted molar refractivity (Wildman–Crippen MR) is 103 cm³/mol. The Bertz CT molecular complexity index is 777. The van der Waals surface area contributed by atoms with E-state index in [2.05, 4.69) is 36.0 Å². The summed E-state index contributed by atoms with van der Waals surface area (Å²) in [6, 6.07) is 7.20. The lowest BCUT2D eigenvalue weighted by Crippen LogP contribution is -2.52. The highest BCUT2D eigenvalue weighted by Crippen LogP contribution is 2.18. The Hall–Kier alpha value is -1.84. The fourth-order valence-electron chi connectivity index (χ4n) is 3.13. The molecule has 0 unspecified atom stereocenters. The monoisotopic (exact) mass is 441 g/mol. The van der Waals surface area contributed by atoms with Gasteiger partial charge in [-0.1, -0.05) is 22.0 Å². The number of carbonyl (C=O) groups is 1. The summed E-state index contributed by atoms with van der Waals surface area (Å²) < 4.78 is 27.6. The average molecular weight is 442 g/mol. The Kier molecular flexibility index (Phi) is 6.56. The number of halogens is 3. The van der Waals surface area contributed by atoms with Gasteiger partial charge in [0.2, 0.25) is 5.91 Å². The summed E-state index contributed by atoms with van der Waals surface area (Å²) >= 11 is 3.39. The fourth-order valence-corrected chi connectivity index (χ4v) is 3.53. The smallest absolute Gasteiger partial charge is 0.319 e. The first kappa shape index (κ1) is 19.9. The summed E-state index contributed by atoms with van der Waals surface area (Å²) in [5, 5.41) is 2.93. The van der Waals surface area contributed by atoms with E-state index in [9.17, 15) is 13.6 Å². The van der Waals surface area contributed by atoms with Crippen molar-refractivity contribution < 1.29 is 13.6 Å². The predicted octanol–water partition coefficient (Wildman–Crippen LogP) is 3.19. The van der Waals surface area contributed by atoms with Crippen molar-refractivity contribution in [2.24, 2.45) is 0 Å². The number of aromatic nitrogens is 2. The van der Waals surface area contributed by atoms with Gasteiger partial charge in [0.05, 0.1) is 12.6 Å². The van der Waals surface area contributed by atoms with Crippen molar-refractivity contribution in [2.45, 2.75) is 26.1 Å². The number of imidazole rings is 1. The number of rotatable bonds is 6. The van der Waals surface area contributed by atoms with Gasteiger partial charge >= 0.3 is 6.55 Å². The summed E-state index contributed by atoms with van der Waals surface area (Å²) in [5.74, 6) is 0.300. The van der Waals surface area contributed by atoms with Crippen LogP contribution in [0.25, 0.3) is 0 Å². The second-order valence-corrected chi connectivity index (χ2v) is 7.43. The summed E-state index contributed by atoms with van der Waals surface area (Å²) in [4.78, 5) is 20.7. The normalized spacial score (nSPS) is 17.2. The van der Waals surface area contributed by atoms with E-state index in [-0.39, 0.29) is 11.9 Å². The number of hydrogen-bond acceptors (Lipinski definition) is 4. The van der Waals surface area contributed by atoms with Crippen LogP contribution in [0.4, 0.5) is 14.5 Å². The molecule has 0 saturated carbocycles. The van der Waals surface area contributed by atoms with Gasteiger partial charge < -0.3 is 5.32 Å². The topological polar surface area (TPSA) is 53.4 Å². The van der Waals surface area contributed by atoms with E-state index in [4.69, 9.17) is 0 Å². The fraction of sp³-hybridized carbons (Fsp3) is 0.444. The molecule has 6 nitrogen and oxygen atoms in total. The van der Waals surface area contributed by atoms with Crippen LogP contribution in [-0.4, -0.2) is 57.5 Å². The minimum atomic E-state index is -2.58. The van der Waals surface area contributed by atoms with Gasteiger partial charge in [-0.2, -0.15) is 8.78 Å². The molecule has 0 spiro atoms. The minimum Gasteiger partial charge on any atom is -0.325 e. The number of nitrogens with one attached hydrogen (secondary N) is 1. The van der Waals surface area contributed by atoms with Gasteiger partial charge in [0.1, 0.15) is 5.82 Å². The Labute approximate surface area is 165 Å². The van der Waals surface area contributed by atoms with Crippen molar-refractivity contribution in [2.75, 3.05) is 31.5 Å². The van der Waals surface area contributed by atoms with E-state index in [1.807, 2.05) is 31.2 Å². The van der Waals surface area contributed by atoms with E-state index in [0.29, 0.717) is 38.5 Å². The third-order valence-electron chi connectivity index (χ3n) is 4.75. The van der Waals surface area contributed by atoms with Gasteiger partial charge in [0.25, 0.3) is 0 Å². The molecule has 2 heterocycles. The highest BCUT2D eigenvalue weighted by atomic mass is 79.9. The summed E-state index contributed by atoms with van der Waals surface area (Å²) in [5.41, 5.74) is 0.749. The first-order chi connectivity index (χ1) is 12.9. The Morgan fingerprint density at radius 3 is 2.70 bits per heavy atom. The second-order valence-electron chi connectivity index (χ2n) is 6.52. The molecule has 146 valence electrons. The van der Waals surface area contributed by atoms with Crippen LogP contribution in [0.15, 0.2) is 41.1 Å². The van der Waals surface area contributed by atoms with E-state index < -0.39 is 6.55 Å². The number of hydrogen-bond donors (Lipinski definition) is 1. The Morgan fingerprint density at radius 2 is 2.04 bits per heavy atom. The van der Waals surface area contributed by atoms with Gasteiger partial charge in [-0.15, -0.1) is 0 Å². The maximum absolute atomic E-state index is 12.9. The summed E-state index contributed by atoms with van der Waals surface area (Å²) in [6.45, 7) is 2.47. The van der Waals surface area contributed by atoms with Crippen molar-refractivity contribution in [1.82, 2.24) is 19.4 Å². The van der Waals surface area contributed by atoms with Crippen LogP contribution in [0.3, 0.4) is 0 Å². The molecule has 0 aliphatic carbocycles. The van der Waals surface area contributed by atoms with Gasteiger partial charge in [0, 0.05) is 48.7 Å². The van der Waals surface area contributed by atoms with Crippen molar-refractivity contribution in [1.29, 1.82) is 0 Å². The number of nitrogens with zero attached hydrogens (tertiary/aromatic N) is 4. The minimum absolute atomic E-state index is 0.0604. The van der Waals surface area contributed by atoms with Crippen molar-refractivity contribution >= 4 is 27.5 Å². The molecule has 1 aromatic heterocycles. The van der Waals surface area contributed by atoms with Crippen LogP contribution in [0.1, 0.15) is 19.3 Å². The molecule has 1 N–H and O–H groups in total. The van der Waals surface area contributed by atoms with E-state index in [1.165, 1.54) is 12.4 Å². The first-order valence-corrected chi connectivity index (χ1v) is 9.56. The van der Waals surface area contributed by atoms with Crippen LogP contribution in [0, 0.1) is 0 Å². The van der Waals surface area contributed by atoms with Gasteiger partial charge in [-0.05, 0) is 25.1 Å². The van der Waals surface area contributed by atoms with E-state index in [1.54, 1.807) is 0 Å². The zero-order valence-electron chi connectivity index (χ0n) is 15.0. The molecule has 1 fully saturated rings. The molecule has 1 aromatic carbocycles. The van der Waals surface area contributed by atoms with Gasteiger partial charge in [0.15, 0.2) is 0 Å². The van der Waals surface area contributed by atoms with Crippen molar-refractivity contribution in [3.05, 3.63) is 47.0 Å². The lowest BCUT2D eigenvalue weighted by molar-refractivity contribution is -0.121. The van der Waals surface area contributed by atoms with E-state index >= 15 is 0 Å². The second kappa shape index (κ2) is 8.90. The van der Waals surface area contributed by atoms with Crippen LogP contribution < -0.4 is 5.32 Å². The Balaban J connectivity index is 1.50. The summed E-state index contributed by atoms with van der Waals surface area (Å²) in [6.07, 6.45) is 2.69. The number of piperazine rings is 1. The highest BCUT2D eigenvalue weighted by Gasteiger charge is 2.26. The molecule has 2 aromatic rings. The molecule has 0 radical (unpaired) electrons. The zero-order valence-corrected chi connectivity index (χ0v) is 16.6. The molecule has 1 aliphatic heterocycles. The summed E-state index contributed by atoms with van der Waals surface area (Å²) in [7, 11) is 0. The Morgan fingerprint density at radius 1 is 1.30 bits per heavy atom. The maximum Gasteiger partial charge on any atom is 0.319 e. The number of anilines is 1. The SMILES string of the molecule is C[C@H](C(=O)Nc1cccc(Br)c1)N1CCN(Cc2nccn2C(F)F)CC1. The molecule has 1 saturated heterocycles. The van der Waals surface area contributed by atoms with Crippen molar-refractivity contribution in [3.8, 4) is 0 Å².